The number of aliphatic hydroxyl groups excluding tert-OH is 1. The molecule has 0 heterocycles. The molecule has 6 heteroatoms. The van der Waals surface area contributed by atoms with Gasteiger partial charge in [0.05, 0.1) is 18.4 Å². The van der Waals surface area contributed by atoms with Gasteiger partial charge < -0.3 is 15.2 Å². The minimum absolute atomic E-state index is 0.00776. The first-order valence-corrected chi connectivity index (χ1v) is 7.05. The highest BCUT2D eigenvalue weighted by atomic mass is 19.2. The molecule has 21 heavy (non-hydrogen) atoms. The Labute approximate surface area is 123 Å². The van der Waals surface area contributed by atoms with E-state index in [2.05, 4.69) is 19.2 Å². The number of halogens is 3. The molecule has 0 fully saturated rings. The molecule has 1 rings (SSSR count). The largest absolute Gasteiger partial charge is 0.389 e. The monoisotopic (exact) mass is 305 g/mol. The third kappa shape index (κ3) is 6.35. The summed E-state index contributed by atoms with van der Waals surface area (Å²) in [6.45, 7) is 4.89. The van der Waals surface area contributed by atoms with Crippen LogP contribution in [-0.2, 0) is 4.74 Å². The van der Waals surface area contributed by atoms with Crippen molar-refractivity contribution in [3.8, 4) is 0 Å². The summed E-state index contributed by atoms with van der Waals surface area (Å²) in [5.74, 6) is -3.46. The van der Waals surface area contributed by atoms with Crippen LogP contribution in [-0.4, -0.2) is 31.0 Å². The molecule has 0 aliphatic rings. The van der Waals surface area contributed by atoms with Gasteiger partial charge in [-0.3, -0.25) is 0 Å². The van der Waals surface area contributed by atoms with Gasteiger partial charge in [0.2, 0.25) is 0 Å². The topological polar surface area (TPSA) is 41.5 Å². The van der Waals surface area contributed by atoms with Gasteiger partial charge >= 0.3 is 0 Å². The molecule has 0 radical (unpaired) electrons. The zero-order chi connectivity index (χ0) is 15.8. The van der Waals surface area contributed by atoms with Crippen LogP contribution in [0.3, 0.4) is 0 Å². The standard InChI is InChI=1S/C15H22F3NO2/c1-10(2)4-3-7-21-9-11(20)8-19-13-6-5-12(16)14(17)15(13)18/h5-6,10-11,19-20H,3-4,7-9H2,1-2H3. The van der Waals surface area contributed by atoms with Gasteiger partial charge in [0.1, 0.15) is 0 Å². The van der Waals surface area contributed by atoms with Crippen molar-refractivity contribution >= 4 is 5.69 Å². The summed E-state index contributed by atoms with van der Waals surface area (Å²) >= 11 is 0. The molecule has 1 aromatic carbocycles. The first-order chi connectivity index (χ1) is 9.91. The molecule has 120 valence electrons. The second-order valence-electron chi connectivity index (χ2n) is 5.37. The second kappa shape index (κ2) is 8.89. The summed E-state index contributed by atoms with van der Waals surface area (Å²) < 4.78 is 44.4. The predicted octanol–water partition coefficient (Wildman–Crippen LogP) is 3.33. The van der Waals surface area contributed by atoms with E-state index in [0.29, 0.717) is 12.5 Å². The van der Waals surface area contributed by atoms with E-state index >= 15 is 0 Å². The van der Waals surface area contributed by atoms with Crippen LogP contribution in [0.25, 0.3) is 0 Å². The summed E-state index contributed by atoms with van der Waals surface area (Å²) in [7, 11) is 0. The van der Waals surface area contributed by atoms with E-state index in [1.807, 2.05) is 0 Å². The van der Waals surface area contributed by atoms with E-state index in [1.54, 1.807) is 0 Å². The van der Waals surface area contributed by atoms with Crippen molar-refractivity contribution in [2.24, 2.45) is 5.92 Å². The lowest BCUT2D eigenvalue weighted by Gasteiger charge is -2.14. The lowest BCUT2D eigenvalue weighted by molar-refractivity contribution is 0.0409. The molecule has 0 bridgehead atoms. The molecule has 1 unspecified atom stereocenters. The van der Waals surface area contributed by atoms with Gasteiger partial charge in [0, 0.05) is 13.2 Å². The minimum Gasteiger partial charge on any atom is -0.389 e. The number of benzene rings is 1. The zero-order valence-electron chi connectivity index (χ0n) is 12.3. The van der Waals surface area contributed by atoms with Crippen molar-refractivity contribution < 1.29 is 23.0 Å². The highest BCUT2D eigenvalue weighted by Crippen LogP contribution is 2.19. The summed E-state index contributed by atoms with van der Waals surface area (Å²) in [5, 5.41) is 12.2. The molecule has 0 amide bonds. The van der Waals surface area contributed by atoms with E-state index in [-0.39, 0.29) is 18.8 Å². The molecular formula is C15H22F3NO2. The van der Waals surface area contributed by atoms with E-state index in [0.717, 1.165) is 25.0 Å². The Morgan fingerprint density at radius 2 is 1.90 bits per heavy atom. The lowest BCUT2D eigenvalue weighted by Crippen LogP contribution is -2.25. The third-order valence-electron chi connectivity index (χ3n) is 2.94. The number of ether oxygens (including phenoxy) is 1. The van der Waals surface area contributed by atoms with Gasteiger partial charge in [-0.05, 0) is 30.9 Å². The molecule has 0 aliphatic heterocycles. The van der Waals surface area contributed by atoms with Crippen molar-refractivity contribution in [3.63, 3.8) is 0 Å². The number of hydrogen-bond acceptors (Lipinski definition) is 3. The van der Waals surface area contributed by atoms with Gasteiger partial charge in [0.15, 0.2) is 17.5 Å². The molecule has 3 nitrogen and oxygen atoms in total. The fourth-order valence-corrected chi connectivity index (χ4v) is 1.76. The predicted molar refractivity (Wildman–Crippen MR) is 75.7 cm³/mol. The van der Waals surface area contributed by atoms with Gasteiger partial charge in [-0.15, -0.1) is 0 Å². The summed E-state index contributed by atoms with van der Waals surface area (Å²) in [4.78, 5) is 0. The number of anilines is 1. The second-order valence-corrected chi connectivity index (χ2v) is 5.37. The SMILES string of the molecule is CC(C)CCCOCC(O)CNc1ccc(F)c(F)c1F. The molecule has 0 spiro atoms. The van der Waals surface area contributed by atoms with Gasteiger partial charge in [0.25, 0.3) is 0 Å². The van der Waals surface area contributed by atoms with Crippen molar-refractivity contribution in [1.82, 2.24) is 0 Å². The summed E-state index contributed by atoms with van der Waals surface area (Å²) in [5.41, 5.74) is -0.187. The van der Waals surface area contributed by atoms with Crippen LogP contribution in [0.5, 0.6) is 0 Å². The van der Waals surface area contributed by atoms with Crippen molar-refractivity contribution in [2.75, 3.05) is 25.1 Å². The van der Waals surface area contributed by atoms with Crippen LogP contribution in [0.1, 0.15) is 26.7 Å². The Kier molecular flexibility index (Phi) is 7.53. The maximum Gasteiger partial charge on any atom is 0.196 e. The van der Waals surface area contributed by atoms with Crippen LogP contribution in [0.2, 0.25) is 0 Å². The highest BCUT2D eigenvalue weighted by Gasteiger charge is 2.14. The van der Waals surface area contributed by atoms with E-state index in [1.165, 1.54) is 0 Å². The lowest BCUT2D eigenvalue weighted by atomic mass is 10.1. The maximum atomic E-state index is 13.4. The van der Waals surface area contributed by atoms with Crippen LogP contribution in [0.4, 0.5) is 18.9 Å². The molecule has 2 N–H and O–H groups in total. The van der Waals surface area contributed by atoms with E-state index in [4.69, 9.17) is 4.74 Å². The maximum absolute atomic E-state index is 13.4. The molecule has 0 saturated carbocycles. The minimum atomic E-state index is -1.53. The Morgan fingerprint density at radius 1 is 1.19 bits per heavy atom. The van der Waals surface area contributed by atoms with Crippen LogP contribution in [0, 0.1) is 23.4 Å². The zero-order valence-corrected chi connectivity index (χ0v) is 12.3. The summed E-state index contributed by atoms with van der Waals surface area (Å²) in [6.07, 6.45) is 1.11. The quantitative estimate of drug-likeness (QED) is 0.543. The molecule has 0 aromatic heterocycles. The number of hydrogen-bond donors (Lipinski definition) is 2. The number of nitrogens with one attached hydrogen (secondary N) is 1. The Bertz CT molecular complexity index is 441. The van der Waals surface area contributed by atoms with Crippen molar-refractivity contribution in [2.45, 2.75) is 32.8 Å². The average Bonchev–Trinajstić information content (AvgIpc) is 2.43. The van der Waals surface area contributed by atoms with Gasteiger partial charge in [-0.2, -0.15) is 0 Å². The molecule has 0 aliphatic carbocycles. The smallest absolute Gasteiger partial charge is 0.196 e. The highest BCUT2D eigenvalue weighted by molar-refractivity contribution is 5.45. The van der Waals surface area contributed by atoms with E-state index < -0.39 is 23.6 Å². The first-order valence-electron chi connectivity index (χ1n) is 7.05. The molecular weight excluding hydrogens is 283 g/mol. The average molecular weight is 305 g/mol. The molecule has 0 saturated heterocycles. The van der Waals surface area contributed by atoms with Crippen molar-refractivity contribution in [1.29, 1.82) is 0 Å². The van der Waals surface area contributed by atoms with Gasteiger partial charge in [-0.25, -0.2) is 13.2 Å². The Balaban J connectivity index is 2.27. The van der Waals surface area contributed by atoms with Crippen LogP contribution in [0.15, 0.2) is 12.1 Å². The normalized spacial score (nSPS) is 12.7. The van der Waals surface area contributed by atoms with E-state index in [9.17, 15) is 18.3 Å². The van der Waals surface area contributed by atoms with Crippen LogP contribution < -0.4 is 5.32 Å². The fraction of sp³-hybridized carbons (Fsp3) is 0.600. The van der Waals surface area contributed by atoms with Crippen LogP contribution >= 0.6 is 0 Å². The third-order valence-corrected chi connectivity index (χ3v) is 2.94. The number of rotatable bonds is 9. The van der Waals surface area contributed by atoms with Gasteiger partial charge in [-0.1, -0.05) is 13.8 Å². The summed E-state index contributed by atoms with van der Waals surface area (Å²) in [6, 6.07) is 1.92. The first kappa shape index (κ1) is 17.8. The molecule has 1 aromatic rings. The fourth-order valence-electron chi connectivity index (χ4n) is 1.76. The molecule has 1 atom stereocenters. The number of aliphatic hydroxyl groups is 1. The Hall–Kier alpha value is -1.27. The van der Waals surface area contributed by atoms with Crippen molar-refractivity contribution in [3.05, 3.63) is 29.6 Å². The Morgan fingerprint density at radius 3 is 2.57 bits per heavy atom.